The van der Waals surface area contributed by atoms with Crippen molar-refractivity contribution >= 4 is 22.7 Å². The van der Waals surface area contributed by atoms with Crippen LogP contribution in [0.5, 0.6) is 0 Å². The Balaban J connectivity index is 1.83. The molecule has 2 nitrogen and oxygen atoms in total. The van der Waals surface area contributed by atoms with E-state index in [-0.39, 0.29) is 5.92 Å². The minimum Gasteiger partial charge on any atom is -0.361 e. The number of benzene rings is 2. The van der Waals surface area contributed by atoms with Crippen LogP contribution < -0.4 is 0 Å². The molecule has 0 aliphatic heterocycles. The number of aromatic amines is 1. The van der Waals surface area contributed by atoms with Crippen molar-refractivity contribution < 1.29 is 0 Å². The Kier molecular flexibility index (Phi) is 4.31. The van der Waals surface area contributed by atoms with Crippen LogP contribution in [-0.4, -0.2) is 11.2 Å². The van der Waals surface area contributed by atoms with Crippen LogP contribution >= 0.6 is 11.8 Å². The molecule has 1 aromatic heterocycles. The van der Waals surface area contributed by atoms with Gasteiger partial charge in [-0.1, -0.05) is 48.0 Å². The normalized spacial score (nSPS) is 20.4. The third-order valence-corrected chi connectivity index (χ3v) is 5.94. The highest BCUT2D eigenvalue weighted by Gasteiger charge is 2.45. The zero-order valence-corrected chi connectivity index (χ0v) is 15.4. The maximum Gasteiger partial charge on any atom is 0.0659 e. The molecule has 0 saturated heterocycles. The van der Waals surface area contributed by atoms with Gasteiger partial charge in [-0.15, -0.1) is 0 Å². The number of nitrogens with zero attached hydrogens (tertiary/aromatic N) is 1. The molecule has 0 bridgehead atoms. The lowest BCUT2D eigenvalue weighted by atomic mass is 9.85. The van der Waals surface area contributed by atoms with Crippen LogP contribution in [-0.2, 0) is 5.75 Å². The van der Waals surface area contributed by atoms with Gasteiger partial charge in [-0.05, 0) is 42.2 Å². The Bertz CT molecular complexity index is 933. The summed E-state index contributed by atoms with van der Waals surface area (Å²) in [6.45, 7) is 2.12. The summed E-state index contributed by atoms with van der Waals surface area (Å²) >= 11 is 1.84. The van der Waals surface area contributed by atoms with E-state index in [2.05, 4.69) is 72.9 Å². The molecule has 1 aliphatic carbocycles. The molecule has 3 heteroatoms. The van der Waals surface area contributed by atoms with E-state index in [1.54, 1.807) is 0 Å². The van der Waals surface area contributed by atoms with E-state index < -0.39 is 0 Å². The number of nitriles is 1. The molecule has 1 saturated carbocycles. The predicted octanol–water partition coefficient (Wildman–Crippen LogP) is 5.63. The first-order chi connectivity index (χ1) is 12.2. The van der Waals surface area contributed by atoms with Crippen LogP contribution in [0.15, 0.2) is 48.7 Å². The van der Waals surface area contributed by atoms with Crippen molar-refractivity contribution in [3.63, 3.8) is 0 Å². The lowest BCUT2D eigenvalue weighted by Crippen LogP contribution is -2.04. The minimum atomic E-state index is 0.186. The lowest BCUT2D eigenvalue weighted by molar-refractivity contribution is 0.680. The van der Waals surface area contributed by atoms with Gasteiger partial charge in [-0.3, -0.25) is 0 Å². The number of aryl methyl sites for hydroxylation is 1. The number of hydrogen-bond donors (Lipinski definition) is 1. The second-order valence-corrected chi connectivity index (χ2v) is 7.91. The van der Waals surface area contributed by atoms with E-state index in [0.717, 1.165) is 12.2 Å². The van der Waals surface area contributed by atoms with E-state index in [1.807, 2.05) is 11.8 Å². The lowest BCUT2D eigenvalue weighted by Gasteiger charge is -2.17. The summed E-state index contributed by atoms with van der Waals surface area (Å²) in [5.74, 6) is 1.92. The monoisotopic (exact) mass is 346 g/mol. The number of nitrogens with one attached hydrogen (secondary N) is 1. The van der Waals surface area contributed by atoms with Gasteiger partial charge in [0.1, 0.15) is 0 Å². The molecular formula is C22H22N2S. The van der Waals surface area contributed by atoms with E-state index in [4.69, 9.17) is 0 Å². The smallest absolute Gasteiger partial charge is 0.0659 e. The molecule has 2 aromatic carbocycles. The van der Waals surface area contributed by atoms with Gasteiger partial charge in [0.15, 0.2) is 0 Å². The fraction of sp³-hybridized carbons (Fsp3) is 0.318. The summed E-state index contributed by atoms with van der Waals surface area (Å²) in [4.78, 5) is 3.52. The fourth-order valence-corrected chi connectivity index (χ4v) is 4.49. The highest BCUT2D eigenvalue weighted by atomic mass is 32.2. The largest absolute Gasteiger partial charge is 0.361 e. The second-order valence-electron chi connectivity index (χ2n) is 7.04. The van der Waals surface area contributed by atoms with Crippen LogP contribution in [0.2, 0.25) is 0 Å². The summed E-state index contributed by atoms with van der Waals surface area (Å²) in [7, 11) is 0. The van der Waals surface area contributed by atoms with Gasteiger partial charge in [0.05, 0.1) is 12.0 Å². The van der Waals surface area contributed by atoms with Crippen molar-refractivity contribution in [1.82, 2.24) is 4.98 Å². The molecule has 0 amide bonds. The zero-order valence-electron chi connectivity index (χ0n) is 14.6. The van der Waals surface area contributed by atoms with Crippen molar-refractivity contribution in [2.45, 2.75) is 25.0 Å². The van der Waals surface area contributed by atoms with Crippen LogP contribution in [0.25, 0.3) is 10.9 Å². The third-order valence-electron chi connectivity index (χ3n) is 5.34. The Morgan fingerprint density at radius 3 is 2.72 bits per heavy atom. The maximum absolute atomic E-state index is 9.38. The molecule has 0 spiro atoms. The molecule has 1 N–H and O–H groups in total. The fourth-order valence-electron chi connectivity index (χ4n) is 3.93. The Labute approximate surface area is 153 Å². The van der Waals surface area contributed by atoms with Crippen LogP contribution in [0.4, 0.5) is 0 Å². The van der Waals surface area contributed by atoms with Gasteiger partial charge < -0.3 is 4.98 Å². The Morgan fingerprint density at radius 2 is 2.04 bits per heavy atom. The molecule has 3 unspecified atom stereocenters. The van der Waals surface area contributed by atoms with Crippen molar-refractivity contribution in [1.29, 1.82) is 5.26 Å². The molecule has 3 atom stereocenters. The number of para-hydroxylation sites is 1. The van der Waals surface area contributed by atoms with E-state index >= 15 is 0 Å². The molecule has 3 aromatic rings. The van der Waals surface area contributed by atoms with Crippen LogP contribution in [0.3, 0.4) is 0 Å². The summed E-state index contributed by atoms with van der Waals surface area (Å²) in [6.07, 6.45) is 5.32. The minimum absolute atomic E-state index is 0.186. The van der Waals surface area contributed by atoms with Gasteiger partial charge in [0, 0.05) is 28.8 Å². The van der Waals surface area contributed by atoms with E-state index in [9.17, 15) is 5.26 Å². The molecule has 25 heavy (non-hydrogen) atoms. The summed E-state index contributed by atoms with van der Waals surface area (Å²) in [5.41, 5.74) is 6.54. The molecule has 4 rings (SSSR count). The van der Waals surface area contributed by atoms with Gasteiger partial charge in [-0.2, -0.15) is 17.0 Å². The van der Waals surface area contributed by atoms with Crippen molar-refractivity contribution in [3.05, 3.63) is 70.9 Å². The standard InChI is InChI=1S/C22H22N2S/c1-14-6-8-15(9-7-14)21(19-10-17(19)11-23)20-12-24-22-16(13-25-2)4-3-5-18(20)22/h3-9,12,17,19,21,24H,10,13H2,1-2H3. The maximum atomic E-state index is 9.38. The molecule has 0 radical (unpaired) electrons. The highest BCUT2D eigenvalue weighted by Crippen LogP contribution is 2.52. The summed E-state index contributed by atoms with van der Waals surface area (Å²) in [6, 6.07) is 17.9. The number of H-pyrrole nitrogens is 1. The van der Waals surface area contributed by atoms with Crippen LogP contribution in [0.1, 0.15) is 34.6 Å². The number of aromatic nitrogens is 1. The quantitative estimate of drug-likeness (QED) is 0.650. The summed E-state index contributed by atoms with van der Waals surface area (Å²) in [5, 5.41) is 10.7. The van der Waals surface area contributed by atoms with Crippen LogP contribution in [0, 0.1) is 30.1 Å². The Morgan fingerprint density at radius 1 is 1.24 bits per heavy atom. The summed E-state index contributed by atoms with van der Waals surface area (Å²) < 4.78 is 0. The average Bonchev–Trinajstić information content (AvgIpc) is 3.28. The zero-order chi connectivity index (χ0) is 17.4. The third kappa shape index (κ3) is 2.96. The average molecular weight is 346 g/mol. The SMILES string of the molecule is CSCc1cccc2c(C(c3ccc(C)cc3)C3CC3C#N)c[nH]c12. The van der Waals surface area contributed by atoms with Crippen molar-refractivity contribution in [3.8, 4) is 6.07 Å². The van der Waals surface area contributed by atoms with Crippen molar-refractivity contribution in [2.24, 2.45) is 11.8 Å². The molecule has 1 aliphatic rings. The van der Waals surface area contributed by atoms with E-state index in [0.29, 0.717) is 11.8 Å². The number of fused-ring (bicyclic) bond motifs is 1. The van der Waals surface area contributed by atoms with Gasteiger partial charge >= 0.3 is 0 Å². The number of hydrogen-bond acceptors (Lipinski definition) is 2. The Hall–Kier alpha value is -2.18. The number of thioether (sulfide) groups is 1. The highest BCUT2D eigenvalue weighted by molar-refractivity contribution is 7.97. The first-order valence-electron chi connectivity index (χ1n) is 8.77. The van der Waals surface area contributed by atoms with Gasteiger partial charge in [-0.25, -0.2) is 0 Å². The van der Waals surface area contributed by atoms with Crippen molar-refractivity contribution in [2.75, 3.05) is 6.26 Å². The topological polar surface area (TPSA) is 39.6 Å². The second kappa shape index (κ2) is 6.61. The number of rotatable bonds is 5. The van der Waals surface area contributed by atoms with Gasteiger partial charge in [0.2, 0.25) is 0 Å². The van der Waals surface area contributed by atoms with Gasteiger partial charge in [0.25, 0.3) is 0 Å². The van der Waals surface area contributed by atoms with E-state index in [1.165, 1.54) is 33.2 Å². The first-order valence-corrected chi connectivity index (χ1v) is 10.2. The molecule has 126 valence electrons. The first kappa shape index (κ1) is 16.3. The molecular weight excluding hydrogens is 324 g/mol. The predicted molar refractivity (Wildman–Crippen MR) is 106 cm³/mol. The molecule has 1 heterocycles. The molecule has 1 fully saturated rings.